The standard InChI is InChI=1S/C19H18BrN3O2S2/c1-23-18(25)16-13-7-2-3-8-14(13)27-17(16)22-19(23)26-10-15(24)21-12-6-4-5-11(20)9-12/h4-6,9H,2-3,7-8,10H2,1H3,(H,21,24). The van der Waals surface area contributed by atoms with Crippen molar-refractivity contribution in [2.45, 2.75) is 30.8 Å². The molecule has 4 rings (SSSR count). The van der Waals surface area contributed by atoms with Gasteiger partial charge in [0.2, 0.25) is 5.91 Å². The third-order valence-electron chi connectivity index (χ3n) is 4.60. The highest BCUT2D eigenvalue weighted by atomic mass is 79.9. The second-order valence-electron chi connectivity index (χ2n) is 6.50. The van der Waals surface area contributed by atoms with Gasteiger partial charge in [-0.25, -0.2) is 4.98 Å². The van der Waals surface area contributed by atoms with E-state index in [2.05, 4.69) is 21.2 Å². The highest BCUT2D eigenvalue weighted by Crippen LogP contribution is 2.34. The molecule has 1 aliphatic rings. The number of benzene rings is 1. The molecule has 0 atom stereocenters. The minimum absolute atomic E-state index is 0.00528. The normalized spacial score (nSPS) is 13.6. The van der Waals surface area contributed by atoms with E-state index in [0.29, 0.717) is 5.16 Å². The van der Waals surface area contributed by atoms with E-state index in [9.17, 15) is 9.59 Å². The van der Waals surface area contributed by atoms with Gasteiger partial charge in [-0.2, -0.15) is 0 Å². The van der Waals surface area contributed by atoms with Crippen molar-refractivity contribution >= 4 is 60.8 Å². The Morgan fingerprint density at radius 1 is 1.37 bits per heavy atom. The number of halogens is 1. The number of rotatable bonds is 4. The van der Waals surface area contributed by atoms with E-state index < -0.39 is 0 Å². The summed E-state index contributed by atoms with van der Waals surface area (Å²) < 4.78 is 2.48. The van der Waals surface area contributed by atoms with Crippen LogP contribution in [-0.4, -0.2) is 21.2 Å². The first-order valence-electron chi connectivity index (χ1n) is 8.72. The number of nitrogens with one attached hydrogen (secondary N) is 1. The van der Waals surface area contributed by atoms with Gasteiger partial charge in [0, 0.05) is 22.1 Å². The third-order valence-corrected chi connectivity index (χ3v) is 7.30. The zero-order valence-corrected chi connectivity index (χ0v) is 18.0. The molecule has 0 aliphatic heterocycles. The Labute approximate surface area is 173 Å². The zero-order valence-electron chi connectivity index (χ0n) is 14.8. The number of thioether (sulfide) groups is 1. The fraction of sp³-hybridized carbons (Fsp3) is 0.316. The number of aryl methyl sites for hydroxylation is 2. The van der Waals surface area contributed by atoms with Crippen LogP contribution in [0.1, 0.15) is 23.3 Å². The molecule has 3 aromatic rings. The molecule has 1 N–H and O–H groups in total. The van der Waals surface area contributed by atoms with Crippen LogP contribution >= 0.6 is 39.0 Å². The molecule has 0 unspecified atom stereocenters. The quantitative estimate of drug-likeness (QED) is 0.460. The summed E-state index contributed by atoms with van der Waals surface area (Å²) in [6, 6.07) is 7.45. The maximum atomic E-state index is 12.9. The Morgan fingerprint density at radius 3 is 3.00 bits per heavy atom. The minimum Gasteiger partial charge on any atom is -0.325 e. The van der Waals surface area contributed by atoms with Gasteiger partial charge in [-0.1, -0.05) is 33.8 Å². The molecule has 1 amide bonds. The Balaban J connectivity index is 1.54. The molecule has 0 saturated heterocycles. The zero-order chi connectivity index (χ0) is 19.0. The van der Waals surface area contributed by atoms with Crippen molar-refractivity contribution in [2.24, 2.45) is 7.05 Å². The molecule has 0 fully saturated rings. The van der Waals surface area contributed by atoms with Gasteiger partial charge < -0.3 is 5.32 Å². The lowest BCUT2D eigenvalue weighted by Gasteiger charge is -2.11. The van der Waals surface area contributed by atoms with Crippen LogP contribution < -0.4 is 10.9 Å². The predicted molar refractivity (Wildman–Crippen MR) is 115 cm³/mol. The molecule has 8 heteroatoms. The second-order valence-corrected chi connectivity index (χ2v) is 9.44. The van der Waals surface area contributed by atoms with Gasteiger partial charge in [0.05, 0.1) is 11.1 Å². The molecule has 140 valence electrons. The number of amides is 1. The average molecular weight is 464 g/mol. The van der Waals surface area contributed by atoms with E-state index in [0.717, 1.165) is 39.6 Å². The van der Waals surface area contributed by atoms with Crippen LogP contribution in [0.15, 0.2) is 38.7 Å². The number of anilines is 1. The summed E-state index contributed by atoms with van der Waals surface area (Å²) in [5, 5.41) is 4.22. The second kappa shape index (κ2) is 7.77. The highest BCUT2D eigenvalue weighted by molar-refractivity contribution is 9.10. The molecule has 2 aromatic heterocycles. The van der Waals surface area contributed by atoms with Gasteiger partial charge >= 0.3 is 0 Å². The van der Waals surface area contributed by atoms with Crippen LogP contribution in [0.25, 0.3) is 10.2 Å². The molecule has 0 radical (unpaired) electrons. The van der Waals surface area contributed by atoms with Crippen molar-refractivity contribution in [1.82, 2.24) is 9.55 Å². The van der Waals surface area contributed by atoms with Crippen LogP contribution in [0.3, 0.4) is 0 Å². The predicted octanol–water partition coefficient (Wildman–Crippen LogP) is 4.37. The minimum atomic E-state index is -0.127. The molecule has 2 heterocycles. The van der Waals surface area contributed by atoms with Crippen molar-refractivity contribution in [3.05, 3.63) is 49.5 Å². The molecule has 5 nitrogen and oxygen atoms in total. The van der Waals surface area contributed by atoms with Crippen LogP contribution in [0.2, 0.25) is 0 Å². The third kappa shape index (κ3) is 3.83. The monoisotopic (exact) mass is 463 g/mol. The molecule has 0 bridgehead atoms. The number of fused-ring (bicyclic) bond motifs is 3. The summed E-state index contributed by atoms with van der Waals surface area (Å²) in [6.45, 7) is 0. The number of hydrogen-bond acceptors (Lipinski definition) is 5. The van der Waals surface area contributed by atoms with Crippen LogP contribution in [0, 0.1) is 0 Å². The lowest BCUT2D eigenvalue weighted by atomic mass is 9.97. The summed E-state index contributed by atoms with van der Waals surface area (Å²) in [7, 11) is 1.73. The molecule has 0 saturated carbocycles. The highest BCUT2D eigenvalue weighted by Gasteiger charge is 2.21. The first kappa shape index (κ1) is 18.7. The summed E-state index contributed by atoms with van der Waals surface area (Å²) in [4.78, 5) is 31.9. The van der Waals surface area contributed by atoms with Gasteiger partial charge in [-0.15, -0.1) is 11.3 Å². The number of carbonyl (C=O) groups excluding carboxylic acids is 1. The lowest BCUT2D eigenvalue weighted by molar-refractivity contribution is -0.113. The summed E-state index contributed by atoms with van der Waals surface area (Å²) >= 11 is 6.31. The topological polar surface area (TPSA) is 64.0 Å². The first-order valence-corrected chi connectivity index (χ1v) is 11.3. The summed E-state index contributed by atoms with van der Waals surface area (Å²) in [5.41, 5.74) is 1.92. The van der Waals surface area contributed by atoms with E-state index in [4.69, 9.17) is 4.98 Å². The van der Waals surface area contributed by atoms with Crippen molar-refractivity contribution in [2.75, 3.05) is 11.1 Å². The SMILES string of the molecule is Cn1c(SCC(=O)Nc2cccc(Br)c2)nc2sc3c(c2c1=O)CCCC3. The van der Waals surface area contributed by atoms with Gasteiger partial charge in [-0.05, 0) is 49.4 Å². The summed E-state index contributed by atoms with van der Waals surface area (Å²) in [5.74, 6) is 0.0709. The maximum Gasteiger partial charge on any atom is 0.262 e. The van der Waals surface area contributed by atoms with E-state index in [1.54, 1.807) is 23.0 Å². The Bertz CT molecular complexity index is 1090. The summed E-state index contributed by atoms with van der Waals surface area (Å²) in [6.07, 6.45) is 4.32. The smallest absolute Gasteiger partial charge is 0.262 e. The lowest BCUT2D eigenvalue weighted by Crippen LogP contribution is -2.22. The largest absolute Gasteiger partial charge is 0.325 e. The fourth-order valence-corrected chi connectivity index (χ4v) is 5.76. The Hall–Kier alpha value is -1.64. The molecule has 27 heavy (non-hydrogen) atoms. The number of carbonyl (C=O) groups is 1. The van der Waals surface area contributed by atoms with E-state index in [1.165, 1.54) is 28.6 Å². The molecule has 1 aromatic carbocycles. The van der Waals surface area contributed by atoms with E-state index in [1.807, 2.05) is 24.3 Å². The van der Waals surface area contributed by atoms with Gasteiger partial charge in [0.1, 0.15) is 4.83 Å². The molecular weight excluding hydrogens is 446 g/mol. The number of hydrogen-bond donors (Lipinski definition) is 1. The molecule has 0 spiro atoms. The number of thiophene rings is 1. The van der Waals surface area contributed by atoms with Crippen molar-refractivity contribution in [3.8, 4) is 0 Å². The van der Waals surface area contributed by atoms with Crippen molar-refractivity contribution in [1.29, 1.82) is 0 Å². The van der Waals surface area contributed by atoms with Crippen molar-refractivity contribution < 1.29 is 4.79 Å². The van der Waals surface area contributed by atoms with E-state index >= 15 is 0 Å². The van der Waals surface area contributed by atoms with Crippen LogP contribution in [0.4, 0.5) is 5.69 Å². The number of aromatic nitrogens is 2. The van der Waals surface area contributed by atoms with Gasteiger partial charge in [-0.3, -0.25) is 14.2 Å². The molecular formula is C19H18BrN3O2S2. The van der Waals surface area contributed by atoms with E-state index in [-0.39, 0.29) is 17.2 Å². The van der Waals surface area contributed by atoms with Crippen LogP contribution in [-0.2, 0) is 24.7 Å². The van der Waals surface area contributed by atoms with Gasteiger partial charge in [0.25, 0.3) is 5.56 Å². The number of nitrogens with zero attached hydrogens (tertiary/aromatic N) is 2. The Morgan fingerprint density at radius 2 is 2.19 bits per heavy atom. The maximum absolute atomic E-state index is 12.9. The Kier molecular flexibility index (Phi) is 5.39. The average Bonchev–Trinajstić information content (AvgIpc) is 3.02. The first-order chi connectivity index (χ1) is 13.0. The van der Waals surface area contributed by atoms with Gasteiger partial charge in [0.15, 0.2) is 5.16 Å². The molecule has 1 aliphatic carbocycles. The van der Waals surface area contributed by atoms with Crippen molar-refractivity contribution in [3.63, 3.8) is 0 Å². The van der Waals surface area contributed by atoms with Crippen LogP contribution in [0.5, 0.6) is 0 Å². The fourth-order valence-electron chi connectivity index (χ4n) is 3.29.